The van der Waals surface area contributed by atoms with E-state index in [1.54, 1.807) is 26.0 Å². The van der Waals surface area contributed by atoms with Crippen molar-refractivity contribution in [1.82, 2.24) is 20.2 Å². The molecule has 0 aliphatic heterocycles. The van der Waals surface area contributed by atoms with Crippen LogP contribution in [0.15, 0.2) is 48.8 Å². The quantitative estimate of drug-likeness (QED) is 0.312. The molecule has 3 aromatic heterocycles. The molecule has 37 heavy (non-hydrogen) atoms. The number of benzene rings is 1. The van der Waals surface area contributed by atoms with Gasteiger partial charge in [0.05, 0.1) is 22.9 Å². The van der Waals surface area contributed by atoms with Crippen LogP contribution in [-0.4, -0.2) is 37.8 Å². The number of amides is 1. The summed E-state index contributed by atoms with van der Waals surface area (Å²) < 4.78 is 50.6. The monoisotopic (exact) mass is 531 g/mol. The number of carbonyl (C=O) groups is 1. The molecule has 0 aliphatic carbocycles. The van der Waals surface area contributed by atoms with Crippen molar-refractivity contribution in [2.24, 2.45) is 0 Å². The highest BCUT2D eigenvalue weighted by molar-refractivity contribution is 7.17. The number of pyridine rings is 2. The summed E-state index contributed by atoms with van der Waals surface area (Å²) in [7, 11) is 0. The van der Waals surface area contributed by atoms with E-state index in [1.165, 1.54) is 30.6 Å². The standard InChI is InChI=1S/C24H20F3N5O4S/c1-12-8-16(20-18(25)4-3-5-19(20)36-22(26)27)17(10-28-12)21(34)30-23-31-32-24(37-23)35-11-15-7-6-14(9-29-15)13(2)33/h3-10,13,22,33H,11H2,1-2H3,(H,30,31,34). The largest absolute Gasteiger partial charge is 0.462 e. The van der Waals surface area contributed by atoms with Gasteiger partial charge < -0.3 is 14.6 Å². The van der Waals surface area contributed by atoms with Crippen LogP contribution in [0.4, 0.5) is 18.3 Å². The van der Waals surface area contributed by atoms with Gasteiger partial charge in [0, 0.05) is 23.7 Å². The molecule has 0 aliphatic rings. The van der Waals surface area contributed by atoms with Crippen LogP contribution in [0.5, 0.6) is 10.9 Å². The molecule has 192 valence electrons. The number of nitrogens with zero attached hydrogens (tertiary/aromatic N) is 4. The predicted molar refractivity (Wildman–Crippen MR) is 128 cm³/mol. The summed E-state index contributed by atoms with van der Waals surface area (Å²) in [5, 5.41) is 20.1. The number of rotatable bonds is 9. The van der Waals surface area contributed by atoms with Crippen LogP contribution in [0.3, 0.4) is 0 Å². The molecule has 1 unspecified atom stereocenters. The van der Waals surface area contributed by atoms with E-state index in [9.17, 15) is 23.1 Å². The molecule has 0 saturated carbocycles. The molecule has 0 fully saturated rings. The van der Waals surface area contributed by atoms with Gasteiger partial charge >= 0.3 is 6.61 Å². The Morgan fingerprint density at radius 3 is 2.68 bits per heavy atom. The molecule has 4 aromatic rings. The SMILES string of the molecule is Cc1cc(-c2c(F)cccc2OC(F)F)c(C(=O)Nc2nnc(OCc3ccc(C(C)O)cn3)s2)cn1. The van der Waals surface area contributed by atoms with Gasteiger partial charge in [-0.05, 0) is 55.0 Å². The first-order valence-electron chi connectivity index (χ1n) is 10.8. The van der Waals surface area contributed by atoms with Crippen LogP contribution in [0.2, 0.25) is 0 Å². The Balaban J connectivity index is 1.52. The lowest BCUT2D eigenvalue weighted by Gasteiger charge is -2.15. The van der Waals surface area contributed by atoms with Crippen molar-refractivity contribution in [2.45, 2.75) is 33.2 Å². The number of alkyl halides is 2. The van der Waals surface area contributed by atoms with Gasteiger partial charge in [0.25, 0.3) is 11.1 Å². The number of aromatic nitrogens is 4. The van der Waals surface area contributed by atoms with Crippen LogP contribution >= 0.6 is 11.3 Å². The van der Waals surface area contributed by atoms with E-state index in [-0.39, 0.29) is 33.6 Å². The van der Waals surface area contributed by atoms with Crippen molar-refractivity contribution in [1.29, 1.82) is 0 Å². The minimum atomic E-state index is -3.19. The summed E-state index contributed by atoms with van der Waals surface area (Å²) in [6.45, 7) is 0.133. The average molecular weight is 532 g/mol. The Morgan fingerprint density at radius 2 is 1.97 bits per heavy atom. The first kappa shape index (κ1) is 26.0. The van der Waals surface area contributed by atoms with E-state index in [0.717, 1.165) is 17.4 Å². The number of hydrogen-bond acceptors (Lipinski definition) is 9. The lowest BCUT2D eigenvalue weighted by molar-refractivity contribution is -0.0495. The number of carbonyl (C=O) groups excluding carboxylic acids is 1. The fourth-order valence-corrected chi connectivity index (χ4v) is 3.88. The highest BCUT2D eigenvalue weighted by Crippen LogP contribution is 2.36. The average Bonchev–Trinajstić information content (AvgIpc) is 3.30. The lowest BCUT2D eigenvalue weighted by atomic mass is 9.98. The van der Waals surface area contributed by atoms with Crippen LogP contribution < -0.4 is 14.8 Å². The molecule has 3 heterocycles. The zero-order valence-electron chi connectivity index (χ0n) is 19.5. The number of aliphatic hydroxyl groups is 1. The Kier molecular flexibility index (Phi) is 7.94. The van der Waals surface area contributed by atoms with Crippen molar-refractivity contribution < 1.29 is 32.5 Å². The molecular formula is C24H20F3N5O4S. The van der Waals surface area contributed by atoms with Crippen molar-refractivity contribution in [3.63, 3.8) is 0 Å². The molecule has 0 saturated heterocycles. The molecule has 0 bridgehead atoms. The van der Waals surface area contributed by atoms with Crippen molar-refractivity contribution in [3.8, 4) is 22.1 Å². The summed E-state index contributed by atoms with van der Waals surface area (Å²) in [5.74, 6) is -1.98. The molecule has 0 radical (unpaired) electrons. The maximum Gasteiger partial charge on any atom is 0.387 e. The predicted octanol–water partition coefficient (Wildman–Crippen LogP) is 4.93. The number of aliphatic hydroxyl groups excluding tert-OH is 1. The molecule has 2 N–H and O–H groups in total. The van der Waals surface area contributed by atoms with Gasteiger partial charge in [0.15, 0.2) is 0 Å². The zero-order chi connectivity index (χ0) is 26.5. The molecular weight excluding hydrogens is 511 g/mol. The van der Waals surface area contributed by atoms with Crippen molar-refractivity contribution >= 4 is 22.4 Å². The van der Waals surface area contributed by atoms with E-state index in [4.69, 9.17) is 4.74 Å². The third-order valence-corrected chi connectivity index (χ3v) is 5.80. The minimum Gasteiger partial charge on any atom is -0.462 e. The maximum absolute atomic E-state index is 14.7. The topological polar surface area (TPSA) is 119 Å². The second-order valence-corrected chi connectivity index (χ2v) is 8.68. The normalized spacial score (nSPS) is 11.9. The zero-order valence-corrected chi connectivity index (χ0v) is 20.3. The Bertz CT molecular complexity index is 1400. The second kappa shape index (κ2) is 11.3. The summed E-state index contributed by atoms with van der Waals surface area (Å²) in [6.07, 6.45) is 2.11. The van der Waals surface area contributed by atoms with Gasteiger partial charge in [-0.1, -0.05) is 17.2 Å². The fourth-order valence-electron chi connectivity index (χ4n) is 3.29. The van der Waals surface area contributed by atoms with E-state index >= 15 is 0 Å². The van der Waals surface area contributed by atoms with Crippen molar-refractivity contribution in [3.05, 3.63) is 77.1 Å². The van der Waals surface area contributed by atoms with Gasteiger partial charge in [-0.3, -0.25) is 20.1 Å². The Labute approximate surface area is 213 Å². The minimum absolute atomic E-state index is 0.0199. The van der Waals surface area contributed by atoms with Gasteiger partial charge in [-0.2, -0.15) is 8.78 Å². The molecule has 13 heteroatoms. The van der Waals surface area contributed by atoms with Gasteiger partial charge in [-0.25, -0.2) is 4.39 Å². The fraction of sp³-hybridized carbons (Fsp3) is 0.208. The second-order valence-electron chi connectivity index (χ2n) is 7.74. The van der Waals surface area contributed by atoms with Crippen LogP contribution in [-0.2, 0) is 6.61 Å². The maximum atomic E-state index is 14.7. The summed E-state index contributed by atoms with van der Waals surface area (Å²) in [4.78, 5) is 21.3. The van der Waals surface area contributed by atoms with E-state index in [0.29, 0.717) is 17.0 Å². The molecule has 9 nitrogen and oxygen atoms in total. The third-order valence-electron chi connectivity index (χ3n) is 5.05. The van der Waals surface area contributed by atoms with E-state index in [2.05, 4.69) is 30.2 Å². The first-order chi connectivity index (χ1) is 17.7. The Morgan fingerprint density at radius 1 is 1.16 bits per heavy atom. The highest BCUT2D eigenvalue weighted by atomic mass is 32.1. The highest BCUT2D eigenvalue weighted by Gasteiger charge is 2.23. The van der Waals surface area contributed by atoms with Crippen molar-refractivity contribution in [2.75, 3.05) is 5.32 Å². The van der Waals surface area contributed by atoms with Crippen LogP contribution in [0.25, 0.3) is 11.1 Å². The number of anilines is 1. The number of ether oxygens (including phenoxy) is 2. The van der Waals surface area contributed by atoms with Crippen LogP contribution in [0, 0.1) is 12.7 Å². The van der Waals surface area contributed by atoms with E-state index < -0.39 is 30.2 Å². The van der Waals surface area contributed by atoms with Crippen LogP contribution in [0.1, 0.15) is 40.3 Å². The molecule has 4 rings (SSSR count). The summed E-state index contributed by atoms with van der Waals surface area (Å²) in [6, 6.07) is 8.31. The van der Waals surface area contributed by atoms with Gasteiger partial charge in [-0.15, -0.1) is 5.10 Å². The summed E-state index contributed by atoms with van der Waals surface area (Å²) >= 11 is 0.940. The molecule has 1 aromatic carbocycles. The lowest BCUT2D eigenvalue weighted by Crippen LogP contribution is -2.14. The van der Waals surface area contributed by atoms with E-state index in [1.807, 2.05) is 0 Å². The Hall–Kier alpha value is -4.10. The number of hydrogen-bond donors (Lipinski definition) is 2. The molecule has 1 amide bonds. The smallest absolute Gasteiger partial charge is 0.387 e. The van der Waals surface area contributed by atoms with Gasteiger partial charge in [0.2, 0.25) is 5.13 Å². The molecule has 1 atom stereocenters. The third kappa shape index (κ3) is 6.37. The number of nitrogens with one attached hydrogen (secondary N) is 1. The number of halogens is 3. The summed E-state index contributed by atoms with van der Waals surface area (Å²) in [5.41, 5.74) is 1.32. The first-order valence-corrected chi connectivity index (χ1v) is 11.6. The molecule has 0 spiro atoms. The van der Waals surface area contributed by atoms with Gasteiger partial charge in [0.1, 0.15) is 18.2 Å². The number of aryl methyl sites for hydroxylation is 1.